The number of rotatable bonds is 4. The zero-order valence-corrected chi connectivity index (χ0v) is 18.6. The second-order valence-corrected chi connectivity index (χ2v) is 9.07. The third kappa shape index (κ3) is 3.21. The molecular weight excluding hydrogens is 428 g/mol. The Morgan fingerprint density at radius 3 is 2.39 bits per heavy atom. The normalized spacial score (nSPS) is 24.3. The summed E-state index contributed by atoms with van der Waals surface area (Å²) in [7, 11) is 3.55. The molecule has 33 heavy (non-hydrogen) atoms. The van der Waals surface area contributed by atoms with Crippen molar-refractivity contribution in [1.82, 2.24) is 0 Å². The first-order valence-corrected chi connectivity index (χ1v) is 10.8. The average molecular weight is 454 g/mol. The number of anilines is 1. The first-order valence-electron chi connectivity index (χ1n) is 10.8. The number of Topliss-reactive ketones (excluding diaryl/α,β-unsaturated/α-hetero) is 3. The molecule has 0 radical (unpaired) electrons. The van der Waals surface area contributed by atoms with E-state index < -0.39 is 58.1 Å². The number of hydrogen-bond acceptors (Lipinski definition) is 8. The molecule has 0 spiro atoms. The lowest BCUT2D eigenvalue weighted by Gasteiger charge is -2.41. The summed E-state index contributed by atoms with van der Waals surface area (Å²) in [6, 6.07) is 1.59. The molecule has 1 amide bonds. The van der Waals surface area contributed by atoms with E-state index in [2.05, 4.69) is 0 Å². The predicted molar refractivity (Wildman–Crippen MR) is 119 cm³/mol. The number of carbonyl (C=O) groups is 4. The lowest BCUT2D eigenvalue weighted by atomic mass is 9.61. The van der Waals surface area contributed by atoms with Gasteiger partial charge in [0.1, 0.15) is 22.8 Å². The van der Waals surface area contributed by atoms with Crippen molar-refractivity contribution in [3.8, 4) is 5.75 Å². The molecule has 1 fully saturated rings. The van der Waals surface area contributed by atoms with E-state index in [9.17, 15) is 34.5 Å². The molecule has 3 unspecified atom stereocenters. The summed E-state index contributed by atoms with van der Waals surface area (Å²) >= 11 is 0. The van der Waals surface area contributed by atoms with E-state index in [1.807, 2.05) is 0 Å². The van der Waals surface area contributed by atoms with E-state index >= 15 is 0 Å². The van der Waals surface area contributed by atoms with E-state index in [1.54, 1.807) is 32.0 Å². The van der Waals surface area contributed by atoms with Crippen LogP contribution in [0.3, 0.4) is 0 Å². The summed E-state index contributed by atoms with van der Waals surface area (Å²) in [5, 5.41) is 32.7. The molecule has 3 aliphatic carbocycles. The number of fused-ring (bicyclic) bond motifs is 3. The van der Waals surface area contributed by atoms with E-state index in [4.69, 9.17) is 5.73 Å². The SMILES string of the molecule is CCC(=O)c1cc(N(C)C)c2c(c1O)C(O)=C1C(=O)C3C(O)=C(C(N)=O)C(=O)CC3CC1C2. The van der Waals surface area contributed by atoms with Crippen molar-refractivity contribution in [3.05, 3.63) is 39.7 Å². The second kappa shape index (κ2) is 7.75. The molecule has 9 heteroatoms. The molecule has 1 saturated carbocycles. The Bertz CT molecular complexity index is 1190. The highest BCUT2D eigenvalue weighted by molar-refractivity contribution is 6.21. The Labute approximate surface area is 190 Å². The number of benzene rings is 1. The minimum Gasteiger partial charge on any atom is -0.511 e. The van der Waals surface area contributed by atoms with Crippen molar-refractivity contribution >= 4 is 34.7 Å². The number of phenols is 1. The van der Waals surface area contributed by atoms with Gasteiger partial charge in [-0.25, -0.2) is 0 Å². The van der Waals surface area contributed by atoms with Gasteiger partial charge in [0.05, 0.1) is 17.0 Å². The van der Waals surface area contributed by atoms with Gasteiger partial charge in [0.15, 0.2) is 17.3 Å². The van der Waals surface area contributed by atoms with Crippen molar-refractivity contribution in [2.24, 2.45) is 23.5 Å². The molecule has 0 saturated heterocycles. The van der Waals surface area contributed by atoms with Crippen molar-refractivity contribution < 1.29 is 34.5 Å². The van der Waals surface area contributed by atoms with E-state index in [1.165, 1.54) is 0 Å². The van der Waals surface area contributed by atoms with Gasteiger partial charge in [-0.05, 0) is 36.3 Å². The average Bonchev–Trinajstić information content (AvgIpc) is 2.72. The molecule has 9 nitrogen and oxygen atoms in total. The number of nitrogens with zero attached hydrogens (tertiary/aromatic N) is 1. The first kappa shape index (κ1) is 22.6. The Balaban J connectivity index is 1.94. The fourth-order valence-electron chi connectivity index (χ4n) is 5.49. The molecule has 3 atom stereocenters. The van der Waals surface area contributed by atoms with Crippen LogP contribution in [0.25, 0.3) is 5.76 Å². The van der Waals surface area contributed by atoms with Gasteiger partial charge in [0, 0.05) is 38.2 Å². The highest BCUT2D eigenvalue weighted by Gasteiger charge is 2.51. The first-order chi connectivity index (χ1) is 15.5. The van der Waals surface area contributed by atoms with Gasteiger partial charge in [0.2, 0.25) is 0 Å². The molecule has 1 aromatic rings. The second-order valence-electron chi connectivity index (χ2n) is 9.07. The molecule has 5 N–H and O–H groups in total. The number of amides is 1. The van der Waals surface area contributed by atoms with Crippen LogP contribution in [0.4, 0.5) is 5.69 Å². The maximum Gasteiger partial charge on any atom is 0.255 e. The van der Waals surface area contributed by atoms with Crippen LogP contribution in [0.15, 0.2) is 23.0 Å². The molecule has 4 rings (SSSR count). The Hall–Kier alpha value is -3.62. The number of hydrogen-bond donors (Lipinski definition) is 4. The van der Waals surface area contributed by atoms with Gasteiger partial charge in [-0.1, -0.05) is 6.92 Å². The third-order valence-electron chi connectivity index (χ3n) is 6.97. The summed E-state index contributed by atoms with van der Waals surface area (Å²) in [5.41, 5.74) is 6.00. The number of phenolic OH excluding ortho intramolecular Hbond substituents is 1. The summed E-state index contributed by atoms with van der Waals surface area (Å²) in [4.78, 5) is 51.8. The zero-order chi connectivity index (χ0) is 24.4. The van der Waals surface area contributed by atoms with Gasteiger partial charge in [-0.15, -0.1) is 0 Å². The van der Waals surface area contributed by atoms with Crippen LogP contribution in [0.2, 0.25) is 0 Å². The smallest absolute Gasteiger partial charge is 0.255 e. The molecule has 0 bridgehead atoms. The van der Waals surface area contributed by atoms with Crippen LogP contribution in [0.1, 0.15) is 47.7 Å². The standard InChI is InChI=1S/C24H26N2O7/c1-4-14(27)12-8-13(26(2)3)11-6-9-5-10-7-15(28)19(24(25)33)23(32)17(10)21(30)16(9)22(31)18(11)20(12)29/h8-10,17,29,31-32H,4-7H2,1-3H3,(H2,25,33). The van der Waals surface area contributed by atoms with Gasteiger partial charge >= 0.3 is 0 Å². The Morgan fingerprint density at radius 1 is 1.15 bits per heavy atom. The van der Waals surface area contributed by atoms with Crippen LogP contribution in [-0.2, 0) is 20.8 Å². The minimum atomic E-state index is -1.17. The molecule has 3 aliphatic rings. The van der Waals surface area contributed by atoms with Crippen LogP contribution in [-0.4, -0.2) is 52.7 Å². The quantitative estimate of drug-likeness (QED) is 0.397. The van der Waals surface area contributed by atoms with Crippen LogP contribution in [0, 0.1) is 17.8 Å². The maximum absolute atomic E-state index is 13.5. The highest BCUT2D eigenvalue weighted by atomic mass is 16.3. The largest absolute Gasteiger partial charge is 0.511 e. The van der Waals surface area contributed by atoms with Crippen molar-refractivity contribution in [1.29, 1.82) is 0 Å². The number of aliphatic hydroxyl groups is 2. The molecule has 0 heterocycles. The number of carbonyl (C=O) groups excluding carboxylic acids is 4. The Morgan fingerprint density at radius 2 is 1.82 bits per heavy atom. The van der Waals surface area contributed by atoms with E-state index in [0.29, 0.717) is 24.1 Å². The number of allylic oxidation sites excluding steroid dienone is 2. The van der Waals surface area contributed by atoms with Crippen LogP contribution >= 0.6 is 0 Å². The summed E-state index contributed by atoms with van der Waals surface area (Å²) in [6.45, 7) is 1.66. The molecule has 0 aromatic heterocycles. The van der Waals surface area contributed by atoms with Gasteiger partial charge in [-0.2, -0.15) is 0 Å². The van der Waals surface area contributed by atoms with Gasteiger partial charge < -0.3 is 26.0 Å². The number of ketones is 3. The van der Waals surface area contributed by atoms with Gasteiger partial charge in [-0.3, -0.25) is 19.2 Å². The number of nitrogens with two attached hydrogens (primary N) is 1. The number of aromatic hydroxyl groups is 1. The van der Waals surface area contributed by atoms with Crippen molar-refractivity contribution in [2.75, 3.05) is 19.0 Å². The van der Waals surface area contributed by atoms with Crippen LogP contribution < -0.4 is 10.6 Å². The monoisotopic (exact) mass is 454 g/mol. The Kier molecular flexibility index (Phi) is 5.30. The van der Waals surface area contributed by atoms with Crippen molar-refractivity contribution in [3.63, 3.8) is 0 Å². The number of aliphatic hydroxyl groups excluding tert-OH is 2. The maximum atomic E-state index is 13.5. The summed E-state index contributed by atoms with van der Waals surface area (Å²) in [5.74, 6) is -6.28. The number of primary amides is 1. The lowest BCUT2D eigenvalue weighted by molar-refractivity contribution is -0.127. The molecule has 1 aromatic carbocycles. The van der Waals surface area contributed by atoms with E-state index in [-0.39, 0.29) is 35.3 Å². The highest BCUT2D eigenvalue weighted by Crippen LogP contribution is 2.52. The molecule has 174 valence electrons. The molecular formula is C24H26N2O7. The van der Waals surface area contributed by atoms with Crippen LogP contribution in [0.5, 0.6) is 5.75 Å². The fourth-order valence-corrected chi connectivity index (χ4v) is 5.49. The third-order valence-corrected chi connectivity index (χ3v) is 6.97. The van der Waals surface area contributed by atoms with E-state index in [0.717, 1.165) is 0 Å². The van der Waals surface area contributed by atoms with Crippen molar-refractivity contribution in [2.45, 2.75) is 32.6 Å². The summed E-state index contributed by atoms with van der Waals surface area (Å²) < 4.78 is 0. The lowest BCUT2D eigenvalue weighted by Crippen LogP contribution is -2.44. The minimum absolute atomic E-state index is 0.0228. The topological polar surface area (TPSA) is 158 Å². The van der Waals surface area contributed by atoms with Gasteiger partial charge in [0.25, 0.3) is 5.91 Å². The predicted octanol–water partition coefficient (Wildman–Crippen LogP) is 1.97. The fraction of sp³-hybridized carbons (Fsp3) is 0.417. The molecule has 0 aliphatic heterocycles. The summed E-state index contributed by atoms with van der Waals surface area (Å²) in [6.07, 6.45) is 0.656. The zero-order valence-electron chi connectivity index (χ0n) is 18.6.